The van der Waals surface area contributed by atoms with Crippen LogP contribution in [0.4, 0.5) is 5.69 Å². The Hall–Kier alpha value is -1.84. The highest BCUT2D eigenvalue weighted by atomic mass is 16.5. The molecule has 0 aliphatic heterocycles. The van der Waals surface area contributed by atoms with Gasteiger partial charge in [0, 0.05) is 17.2 Å². The molecule has 0 radical (unpaired) electrons. The van der Waals surface area contributed by atoms with E-state index in [-0.39, 0.29) is 18.2 Å². The molecule has 0 aliphatic rings. The summed E-state index contributed by atoms with van der Waals surface area (Å²) in [7, 11) is 0. The van der Waals surface area contributed by atoms with Gasteiger partial charge in [0.05, 0.1) is 13.0 Å². The molecular weight excluding hydrogens is 218 g/mol. The first kappa shape index (κ1) is 13.2. The number of nitrogen functional groups attached to an aromatic ring is 1. The van der Waals surface area contributed by atoms with Gasteiger partial charge in [-0.3, -0.25) is 9.59 Å². The lowest BCUT2D eigenvalue weighted by Crippen LogP contribution is -2.17. The van der Waals surface area contributed by atoms with Gasteiger partial charge in [-0.05, 0) is 19.1 Å². The largest absolute Gasteiger partial charge is 0.466 e. The maximum atomic E-state index is 12.0. The molecule has 0 saturated heterocycles. The molecule has 0 aromatic heterocycles. The van der Waals surface area contributed by atoms with Crippen LogP contribution in [-0.4, -0.2) is 18.4 Å². The lowest BCUT2D eigenvalue weighted by Gasteiger charge is -2.10. The molecule has 4 heteroatoms. The van der Waals surface area contributed by atoms with Gasteiger partial charge in [0.1, 0.15) is 0 Å². The van der Waals surface area contributed by atoms with E-state index in [4.69, 9.17) is 10.5 Å². The van der Waals surface area contributed by atoms with E-state index in [0.717, 1.165) is 0 Å². The molecule has 0 saturated carbocycles. The van der Waals surface area contributed by atoms with Crippen molar-refractivity contribution in [1.82, 2.24) is 0 Å². The molecule has 0 amide bonds. The normalized spacial score (nSPS) is 11.9. The monoisotopic (exact) mass is 235 g/mol. The minimum Gasteiger partial charge on any atom is -0.466 e. The van der Waals surface area contributed by atoms with E-state index in [1.807, 2.05) is 0 Å². The van der Waals surface area contributed by atoms with Crippen molar-refractivity contribution in [1.29, 1.82) is 0 Å². The molecule has 1 aromatic rings. The first-order valence-electron chi connectivity index (χ1n) is 5.60. The number of hydrogen-bond donors (Lipinski definition) is 1. The summed E-state index contributed by atoms with van der Waals surface area (Å²) in [6.45, 7) is 3.78. The molecular formula is C13H17NO3. The molecule has 2 N–H and O–H groups in total. The van der Waals surface area contributed by atoms with Gasteiger partial charge in [0.2, 0.25) is 0 Å². The zero-order chi connectivity index (χ0) is 12.8. The van der Waals surface area contributed by atoms with Crippen LogP contribution >= 0.6 is 0 Å². The van der Waals surface area contributed by atoms with Crippen molar-refractivity contribution in [2.24, 2.45) is 5.92 Å². The number of rotatable bonds is 5. The van der Waals surface area contributed by atoms with Crippen molar-refractivity contribution < 1.29 is 14.3 Å². The molecule has 17 heavy (non-hydrogen) atoms. The fraction of sp³-hybridized carbons (Fsp3) is 0.385. The van der Waals surface area contributed by atoms with Crippen molar-refractivity contribution in [3.63, 3.8) is 0 Å². The fourth-order valence-corrected chi connectivity index (χ4v) is 1.54. The molecule has 92 valence electrons. The molecule has 0 fully saturated rings. The summed E-state index contributed by atoms with van der Waals surface area (Å²) in [5, 5.41) is 0. The van der Waals surface area contributed by atoms with Gasteiger partial charge < -0.3 is 10.5 Å². The quantitative estimate of drug-likeness (QED) is 0.481. The molecule has 4 nitrogen and oxygen atoms in total. The predicted molar refractivity (Wildman–Crippen MR) is 65.6 cm³/mol. The summed E-state index contributed by atoms with van der Waals surface area (Å²) in [4.78, 5) is 23.2. The molecule has 0 spiro atoms. The van der Waals surface area contributed by atoms with Crippen LogP contribution in [0.3, 0.4) is 0 Å². The highest BCUT2D eigenvalue weighted by Gasteiger charge is 2.19. The van der Waals surface area contributed by atoms with E-state index in [0.29, 0.717) is 17.9 Å². The smallest absolute Gasteiger partial charge is 0.306 e. The van der Waals surface area contributed by atoms with E-state index < -0.39 is 5.92 Å². The highest BCUT2D eigenvalue weighted by Crippen LogP contribution is 2.15. The summed E-state index contributed by atoms with van der Waals surface area (Å²) in [5.74, 6) is -0.835. The first-order valence-corrected chi connectivity index (χ1v) is 5.60. The number of esters is 1. The van der Waals surface area contributed by atoms with E-state index in [9.17, 15) is 9.59 Å². The second-order valence-electron chi connectivity index (χ2n) is 3.90. The Kier molecular flexibility index (Phi) is 4.69. The Bertz CT molecular complexity index is 415. The maximum absolute atomic E-state index is 12.0. The summed E-state index contributed by atoms with van der Waals surface area (Å²) in [5.41, 5.74) is 6.67. The van der Waals surface area contributed by atoms with Crippen LogP contribution in [0, 0.1) is 5.92 Å². The SMILES string of the molecule is CCOC(=O)C[C@@H](C)C(=O)c1cccc(N)c1. The summed E-state index contributed by atoms with van der Waals surface area (Å²) in [6.07, 6.45) is 0.0987. The van der Waals surface area contributed by atoms with Crippen LogP contribution in [-0.2, 0) is 9.53 Å². The lowest BCUT2D eigenvalue weighted by atomic mass is 9.96. The average Bonchev–Trinajstić information content (AvgIpc) is 2.28. The van der Waals surface area contributed by atoms with E-state index in [2.05, 4.69) is 0 Å². The molecule has 0 aliphatic carbocycles. The van der Waals surface area contributed by atoms with Gasteiger partial charge in [0.15, 0.2) is 5.78 Å². The third-order valence-electron chi connectivity index (χ3n) is 2.40. The molecule has 1 atom stereocenters. The topological polar surface area (TPSA) is 69.4 Å². The first-order chi connectivity index (χ1) is 8.04. The third kappa shape index (κ3) is 3.90. The number of benzene rings is 1. The number of nitrogens with two attached hydrogens (primary N) is 1. The predicted octanol–water partition coefficient (Wildman–Crippen LogP) is 2.04. The van der Waals surface area contributed by atoms with Gasteiger partial charge in [-0.1, -0.05) is 19.1 Å². The van der Waals surface area contributed by atoms with Gasteiger partial charge in [-0.25, -0.2) is 0 Å². The second-order valence-corrected chi connectivity index (χ2v) is 3.90. The van der Waals surface area contributed by atoms with Crippen molar-refractivity contribution >= 4 is 17.4 Å². The Morgan fingerprint density at radius 1 is 1.41 bits per heavy atom. The minimum absolute atomic E-state index is 0.0923. The van der Waals surface area contributed by atoms with Gasteiger partial charge >= 0.3 is 5.97 Å². The summed E-state index contributed by atoms with van der Waals surface area (Å²) in [6, 6.07) is 6.75. The van der Waals surface area contributed by atoms with Crippen LogP contribution in [0.2, 0.25) is 0 Å². The highest BCUT2D eigenvalue weighted by molar-refractivity contribution is 5.99. The van der Waals surface area contributed by atoms with E-state index in [1.54, 1.807) is 38.1 Å². The number of ether oxygens (including phenoxy) is 1. The number of carbonyl (C=O) groups excluding carboxylic acids is 2. The Morgan fingerprint density at radius 2 is 2.12 bits per heavy atom. The van der Waals surface area contributed by atoms with Crippen molar-refractivity contribution in [3.05, 3.63) is 29.8 Å². The van der Waals surface area contributed by atoms with Crippen molar-refractivity contribution in [3.8, 4) is 0 Å². The number of Topliss-reactive ketones (excluding diaryl/α,β-unsaturated/α-hetero) is 1. The average molecular weight is 235 g/mol. The van der Waals surface area contributed by atoms with Crippen molar-refractivity contribution in [2.75, 3.05) is 12.3 Å². The van der Waals surface area contributed by atoms with Crippen molar-refractivity contribution in [2.45, 2.75) is 20.3 Å². The number of ketones is 1. The molecule has 0 unspecified atom stereocenters. The Labute approximate surface area is 101 Å². The van der Waals surface area contributed by atoms with Crippen LogP contribution < -0.4 is 5.73 Å². The van der Waals surface area contributed by atoms with E-state index in [1.165, 1.54) is 0 Å². The van der Waals surface area contributed by atoms with Crippen LogP contribution in [0.25, 0.3) is 0 Å². The lowest BCUT2D eigenvalue weighted by molar-refractivity contribution is -0.143. The standard InChI is InChI=1S/C13H17NO3/c1-3-17-12(15)7-9(2)13(16)10-5-4-6-11(14)8-10/h4-6,8-9H,3,7,14H2,1-2H3/t9-/m1/s1. The van der Waals surface area contributed by atoms with E-state index >= 15 is 0 Å². The van der Waals surface area contributed by atoms with Crippen LogP contribution in [0.5, 0.6) is 0 Å². The minimum atomic E-state index is -0.393. The van der Waals surface area contributed by atoms with Crippen LogP contribution in [0.1, 0.15) is 30.6 Å². The second kappa shape index (κ2) is 6.03. The van der Waals surface area contributed by atoms with Crippen LogP contribution in [0.15, 0.2) is 24.3 Å². The molecule has 1 aromatic carbocycles. The molecule has 1 rings (SSSR count). The Balaban J connectivity index is 2.67. The summed E-state index contributed by atoms with van der Waals surface area (Å²) >= 11 is 0. The van der Waals surface area contributed by atoms with Gasteiger partial charge in [-0.15, -0.1) is 0 Å². The fourth-order valence-electron chi connectivity index (χ4n) is 1.54. The van der Waals surface area contributed by atoms with Gasteiger partial charge in [-0.2, -0.15) is 0 Å². The molecule has 0 heterocycles. The molecule has 0 bridgehead atoms. The maximum Gasteiger partial charge on any atom is 0.306 e. The van der Waals surface area contributed by atoms with Gasteiger partial charge in [0.25, 0.3) is 0 Å². The zero-order valence-corrected chi connectivity index (χ0v) is 10.1. The number of anilines is 1. The summed E-state index contributed by atoms with van der Waals surface area (Å²) < 4.78 is 4.81. The number of hydrogen-bond acceptors (Lipinski definition) is 4. The third-order valence-corrected chi connectivity index (χ3v) is 2.40. The zero-order valence-electron chi connectivity index (χ0n) is 10.1. The Morgan fingerprint density at radius 3 is 2.71 bits per heavy atom. The number of carbonyl (C=O) groups is 2.